The fraction of sp³-hybridized carbons (Fsp3) is 0.400. The Labute approximate surface area is 90.9 Å². The van der Waals surface area contributed by atoms with E-state index in [2.05, 4.69) is 5.32 Å². The molecule has 1 aliphatic rings. The van der Waals surface area contributed by atoms with E-state index in [1.54, 1.807) is 6.07 Å². The molecule has 1 aromatic rings. The van der Waals surface area contributed by atoms with Crippen LogP contribution in [0.5, 0.6) is 0 Å². The molecule has 1 atom stereocenters. The monoisotopic (exact) mass is 291 g/mol. The van der Waals surface area contributed by atoms with Crippen molar-refractivity contribution in [3.63, 3.8) is 0 Å². The summed E-state index contributed by atoms with van der Waals surface area (Å²) in [5.74, 6) is -0.105. The predicted octanol–water partition coefficient (Wildman–Crippen LogP) is 2.85. The summed E-state index contributed by atoms with van der Waals surface area (Å²) in [4.78, 5) is 0. The lowest BCUT2D eigenvalue weighted by Gasteiger charge is -2.10. The summed E-state index contributed by atoms with van der Waals surface area (Å²) >= 11 is 2.01. The summed E-state index contributed by atoms with van der Waals surface area (Å²) in [6.07, 6.45) is 2.32. The third kappa shape index (κ3) is 2.02. The molecule has 1 fully saturated rings. The van der Waals surface area contributed by atoms with E-state index in [0.717, 1.165) is 18.5 Å². The quantitative estimate of drug-likeness (QED) is 0.785. The molecule has 13 heavy (non-hydrogen) atoms. The highest BCUT2D eigenvalue weighted by atomic mass is 127. The molecule has 1 aromatic carbocycles. The minimum absolute atomic E-state index is 0.105. The topological polar surface area (TPSA) is 12.0 Å². The Balaban J connectivity index is 2.25. The Kier molecular flexibility index (Phi) is 2.83. The van der Waals surface area contributed by atoms with Gasteiger partial charge in [-0.2, -0.15) is 0 Å². The molecule has 0 aliphatic carbocycles. The highest BCUT2D eigenvalue weighted by molar-refractivity contribution is 14.1. The van der Waals surface area contributed by atoms with E-state index in [1.165, 1.54) is 6.42 Å². The standard InChI is InChI=1S/C10H11FIN/c11-8-6-7(3-4-9(8)12)10-2-1-5-13-10/h3-4,6,10,13H,1-2,5H2/t10-/m0/s1. The lowest BCUT2D eigenvalue weighted by molar-refractivity contribution is 0.601. The van der Waals surface area contributed by atoms with Crippen molar-refractivity contribution in [1.29, 1.82) is 0 Å². The number of halogens is 2. The van der Waals surface area contributed by atoms with Crippen LogP contribution in [-0.4, -0.2) is 6.54 Å². The van der Waals surface area contributed by atoms with Gasteiger partial charge in [-0.3, -0.25) is 0 Å². The molecule has 1 saturated heterocycles. The van der Waals surface area contributed by atoms with Gasteiger partial charge in [-0.25, -0.2) is 4.39 Å². The van der Waals surface area contributed by atoms with Gasteiger partial charge in [-0.1, -0.05) is 6.07 Å². The summed E-state index contributed by atoms with van der Waals surface area (Å²) in [6.45, 7) is 1.05. The van der Waals surface area contributed by atoms with Crippen molar-refractivity contribution < 1.29 is 4.39 Å². The molecule has 0 radical (unpaired) electrons. The van der Waals surface area contributed by atoms with E-state index in [-0.39, 0.29) is 5.82 Å². The summed E-state index contributed by atoms with van der Waals surface area (Å²) in [7, 11) is 0. The van der Waals surface area contributed by atoms with Gasteiger partial charge in [0.2, 0.25) is 0 Å². The average Bonchev–Trinajstić information content (AvgIpc) is 2.62. The first-order valence-corrected chi connectivity index (χ1v) is 5.53. The first-order valence-electron chi connectivity index (χ1n) is 4.46. The van der Waals surface area contributed by atoms with Crippen LogP contribution in [-0.2, 0) is 0 Å². The Bertz CT molecular complexity index is 308. The van der Waals surface area contributed by atoms with Crippen LogP contribution in [0.2, 0.25) is 0 Å². The molecule has 1 heterocycles. The molecule has 0 unspecified atom stereocenters. The van der Waals surface area contributed by atoms with Crippen LogP contribution >= 0.6 is 22.6 Å². The van der Waals surface area contributed by atoms with Gasteiger partial charge in [0.05, 0.1) is 0 Å². The van der Waals surface area contributed by atoms with E-state index in [9.17, 15) is 4.39 Å². The third-order valence-corrected chi connectivity index (χ3v) is 3.28. The first-order chi connectivity index (χ1) is 6.27. The van der Waals surface area contributed by atoms with E-state index in [0.29, 0.717) is 9.61 Å². The second-order valence-electron chi connectivity index (χ2n) is 3.32. The van der Waals surface area contributed by atoms with Gasteiger partial charge in [0.1, 0.15) is 5.82 Å². The first kappa shape index (κ1) is 9.40. The zero-order chi connectivity index (χ0) is 9.26. The van der Waals surface area contributed by atoms with E-state index < -0.39 is 0 Å². The van der Waals surface area contributed by atoms with Crippen molar-refractivity contribution in [2.75, 3.05) is 6.54 Å². The van der Waals surface area contributed by atoms with Gasteiger partial charge in [0, 0.05) is 9.61 Å². The summed E-state index contributed by atoms with van der Waals surface area (Å²) in [5.41, 5.74) is 1.08. The zero-order valence-corrected chi connectivity index (χ0v) is 9.34. The van der Waals surface area contributed by atoms with Gasteiger partial charge in [0.15, 0.2) is 0 Å². The van der Waals surface area contributed by atoms with Crippen molar-refractivity contribution in [1.82, 2.24) is 5.32 Å². The van der Waals surface area contributed by atoms with E-state index in [4.69, 9.17) is 0 Å². The van der Waals surface area contributed by atoms with Gasteiger partial charge < -0.3 is 5.32 Å². The maximum Gasteiger partial charge on any atom is 0.136 e. The maximum absolute atomic E-state index is 13.2. The molecule has 3 heteroatoms. The number of rotatable bonds is 1. The number of nitrogens with one attached hydrogen (secondary N) is 1. The van der Waals surface area contributed by atoms with Gasteiger partial charge in [-0.05, 0) is 59.7 Å². The van der Waals surface area contributed by atoms with Crippen LogP contribution < -0.4 is 5.32 Å². The second-order valence-corrected chi connectivity index (χ2v) is 4.48. The normalized spacial score (nSPS) is 22.2. The van der Waals surface area contributed by atoms with Crippen LogP contribution in [0.4, 0.5) is 4.39 Å². The lowest BCUT2D eigenvalue weighted by atomic mass is 10.1. The van der Waals surface area contributed by atoms with Crippen molar-refractivity contribution in [3.8, 4) is 0 Å². The minimum Gasteiger partial charge on any atom is -0.310 e. The van der Waals surface area contributed by atoms with Crippen LogP contribution in [0.15, 0.2) is 18.2 Å². The van der Waals surface area contributed by atoms with Crippen molar-refractivity contribution >= 4 is 22.6 Å². The minimum atomic E-state index is -0.105. The fourth-order valence-electron chi connectivity index (χ4n) is 1.70. The summed E-state index contributed by atoms with van der Waals surface area (Å²) in [5, 5.41) is 3.35. The SMILES string of the molecule is Fc1cc([C@@H]2CCCN2)ccc1I. The smallest absolute Gasteiger partial charge is 0.136 e. The van der Waals surface area contributed by atoms with Crippen LogP contribution in [0.25, 0.3) is 0 Å². The number of benzene rings is 1. The molecule has 1 N–H and O–H groups in total. The van der Waals surface area contributed by atoms with Gasteiger partial charge >= 0.3 is 0 Å². The summed E-state index contributed by atoms with van der Waals surface area (Å²) in [6, 6.07) is 5.86. The predicted molar refractivity (Wildman–Crippen MR) is 59.1 cm³/mol. The number of hydrogen-bond donors (Lipinski definition) is 1. The molecule has 1 aliphatic heterocycles. The Morgan fingerprint density at radius 3 is 2.92 bits per heavy atom. The second kappa shape index (κ2) is 3.92. The van der Waals surface area contributed by atoms with Crippen LogP contribution in [0.1, 0.15) is 24.4 Å². The van der Waals surface area contributed by atoms with Gasteiger partial charge in [0.25, 0.3) is 0 Å². The molecule has 0 spiro atoms. The highest BCUT2D eigenvalue weighted by Crippen LogP contribution is 2.24. The fourth-order valence-corrected chi connectivity index (χ4v) is 2.03. The Morgan fingerprint density at radius 2 is 2.31 bits per heavy atom. The van der Waals surface area contributed by atoms with Gasteiger partial charge in [-0.15, -0.1) is 0 Å². The molecular formula is C10H11FIN. The molecule has 0 saturated carbocycles. The molecular weight excluding hydrogens is 280 g/mol. The number of hydrogen-bond acceptors (Lipinski definition) is 1. The van der Waals surface area contributed by atoms with Crippen LogP contribution in [0.3, 0.4) is 0 Å². The largest absolute Gasteiger partial charge is 0.310 e. The maximum atomic E-state index is 13.2. The van der Waals surface area contributed by atoms with E-state index >= 15 is 0 Å². The Morgan fingerprint density at radius 1 is 1.46 bits per heavy atom. The molecule has 2 rings (SSSR count). The van der Waals surface area contributed by atoms with Crippen molar-refractivity contribution in [3.05, 3.63) is 33.1 Å². The lowest BCUT2D eigenvalue weighted by Crippen LogP contribution is -2.12. The Hall–Kier alpha value is -0.160. The zero-order valence-electron chi connectivity index (χ0n) is 7.19. The summed E-state index contributed by atoms with van der Waals surface area (Å²) < 4.78 is 13.9. The highest BCUT2D eigenvalue weighted by Gasteiger charge is 2.16. The molecule has 70 valence electrons. The molecule has 0 bridgehead atoms. The molecule has 1 nitrogen and oxygen atoms in total. The van der Waals surface area contributed by atoms with Crippen molar-refractivity contribution in [2.45, 2.75) is 18.9 Å². The third-order valence-electron chi connectivity index (χ3n) is 2.41. The molecule has 0 aromatic heterocycles. The van der Waals surface area contributed by atoms with Crippen molar-refractivity contribution in [2.24, 2.45) is 0 Å². The van der Waals surface area contributed by atoms with E-state index in [1.807, 2.05) is 34.7 Å². The molecule has 0 amide bonds. The average molecular weight is 291 g/mol. The van der Waals surface area contributed by atoms with Crippen LogP contribution in [0, 0.1) is 9.39 Å².